The van der Waals surface area contributed by atoms with Gasteiger partial charge in [-0.1, -0.05) is 30.2 Å². The topological polar surface area (TPSA) is 92.8 Å². The second-order valence-corrected chi connectivity index (χ2v) is 9.66. The number of nitrogens with zero attached hydrogens (tertiary/aromatic N) is 1. The first-order valence-electron chi connectivity index (χ1n) is 10.1. The monoisotopic (exact) mass is 464 g/mol. The number of piperidine rings is 1. The van der Waals surface area contributed by atoms with E-state index in [1.54, 1.807) is 35.5 Å². The summed E-state index contributed by atoms with van der Waals surface area (Å²) in [6.07, 6.45) is 2.84. The molecule has 166 valence electrons. The zero-order chi connectivity index (χ0) is 22.4. The van der Waals surface area contributed by atoms with Gasteiger partial charge in [-0.15, -0.1) is 0 Å². The molecule has 1 aliphatic rings. The van der Waals surface area contributed by atoms with Gasteiger partial charge >= 0.3 is 5.97 Å². The Hall–Kier alpha value is -2.42. The summed E-state index contributed by atoms with van der Waals surface area (Å²) in [7, 11) is -3.36. The minimum atomic E-state index is -3.36. The molecule has 1 fully saturated rings. The SMILES string of the molecule is CCOC(=O)c1ccc(NC(=O)c2ccc(CS(=O)(=O)N3CCCCC3)cc2)c(Cl)c1. The van der Waals surface area contributed by atoms with E-state index in [0.717, 1.165) is 19.3 Å². The predicted octanol–water partition coefficient (Wildman–Crippen LogP) is 4.08. The quantitative estimate of drug-likeness (QED) is 0.623. The maximum absolute atomic E-state index is 12.6. The highest BCUT2D eigenvalue weighted by Crippen LogP contribution is 2.24. The molecule has 3 rings (SSSR count). The number of nitrogens with one attached hydrogen (secondary N) is 1. The lowest BCUT2D eigenvalue weighted by molar-refractivity contribution is 0.0526. The van der Waals surface area contributed by atoms with Gasteiger partial charge in [0.15, 0.2) is 0 Å². The average molecular weight is 465 g/mol. The van der Waals surface area contributed by atoms with E-state index in [4.69, 9.17) is 16.3 Å². The Morgan fingerprint density at radius 3 is 2.29 bits per heavy atom. The Morgan fingerprint density at radius 2 is 1.68 bits per heavy atom. The predicted molar refractivity (Wildman–Crippen MR) is 120 cm³/mol. The number of ether oxygens (including phenoxy) is 1. The van der Waals surface area contributed by atoms with Crippen molar-refractivity contribution < 1.29 is 22.7 Å². The van der Waals surface area contributed by atoms with E-state index >= 15 is 0 Å². The van der Waals surface area contributed by atoms with E-state index < -0.39 is 21.9 Å². The smallest absolute Gasteiger partial charge is 0.338 e. The number of hydrogen-bond donors (Lipinski definition) is 1. The van der Waals surface area contributed by atoms with Crippen LogP contribution >= 0.6 is 11.6 Å². The van der Waals surface area contributed by atoms with Crippen molar-refractivity contribution in [2.45, 2.75) is 31.9 Å². The molecule has 0 unspecified atom stereocenters. The molecule has 0 radical (unpaired) electrons. The number of benzene rings is 2. The molecular weight excluding hydrogens is 440 g/mol. The van der Waals surface area contributed by atoms with Crippen LogP contribution in [0.5, 0.6) is 0 Å². The first-order chi connectivity index (χ1) is 14.8. The summed E-state index contributed by atoms with van der Waals surface area (Å²) in [5.74, 6) is -0.968. The van der Waals surface area contributed by atoms with E-state index in [2.05, 4.69) is 5.32 Å². The molecule has 0 atom stereocenters. The molecule has 31 heavy (non-hydrogen) atoms. The lowest BCUT2D eigenvalue weighted by atomic mass is 10.1. The van der Waals surface area contributed by atoms with Crippen molar-refractivity contribution in [3.63, 3.8) is 0 Å². The van der Waals surface area contributed by atoms with Crippen molar-refractivity contribution in [3.8, 4) is 0 Å². The van der Waals surface area contributed by atoms with Crippen LogP contribution in [0.1, 0.15) is 52.5 Å². The number of halogens is 1. The lowest BCUT2D eigenvalue weighted by Gasteiger charge is -2.25. The molecule has 2 aromatic carbocycles. The fourth-order valence-corrected chi connectivity index (χ4v) is 5.19. The highest BCUT2D eigenvalue weighted by molar-refractivity contribution is 7.88. The van der Waals surface area contributed by atoms with Gasteiger partial charge < -0.3 is 10.1 Å². The molecule has 7 nitrogen and oxygen atoms in total. The second kappa shape index (κ2) is 10.3. The number of amides is 1. The van der Waals surface area contributed by atoms with Gasteiger partial charge in [0, 0.05) is 18.7 Å². The van der Waals surface area contributed by atoms with Crippen molar-refractivity contribution in [3.05, 3.63) is 64.2 Å². The fraction of sp³-hybridized carbons (Fsp3) is 0.364. The Bertz CT molecular complexity index is 1050. The molecule has 0 aromatic heterocycles. The van der Waals surface area contributed by atoms with Gasteiger partial charge in [-0.3, -0.25) is 4.79 Å². The van der Waals surface area contributed by atoms with Crippen LogP contribution in [0.15, 0.2) is 42.5 Å². The average Bonchev–Trinajstić information content (AvgIpc) is 2.76. The van der Waals surface area contributed by atoms with Crippen LogP contribution in [-0.2, 0) is 20.5 Å². The number of anilines is 1. The minimum Gasteiger partial charge on any atom is -0.462 e. The van der Waals surface area contributed by atoms with Crippen molar-refractivity contribution in [1.82, 2.24) is 4.31 Å². The summed E-state index contributed by atoms with van der Waals surface area (Å²) < 4.78 is 31.6. The highest BCUT2D eigenvalue weighted by Gasteiger charge is 2.24. The summed E-state index contributed by atoms with van der Waals surface area (Å²) in [5.41, 5.74) is 1.64. The first kappa shape index (κ1) is 23.2. The lowest BCUT2D eigenvalue weighted by Crippen LogP contribution is -2.36. The summed E-state index contributed by atoms with van der Waals surface area (Å²) in [6, 6.07) is 10.9. The van der Waals surface area contributed by atoms with Gasteiger partial charge in [-0.2, -0.15) is 0 Å². The van der Waals surface area contributed by atoms with Crippen molar-refractivity contribution >= 4 is 39.2 Å². The van der Waals surface area contributed by atoms with Crippen LogP contribution in [0.4, 0.5) is 5.69 Å². The van der Waals surface area contributed by atoms with Gasteiger partial charge in [-0.25, -0.2) is 17.5 Å². The van der Waals surface area contributed by atoms with Crippen molar-refractivity contribution in [2.24, 2.45) is 0 Å². The molecule has 1 amide bonds. The van der Waals surface area contributed by atoms with E-state index in [1.165, 1.54) is 18.2 Å². The van der Waals surface area contributed by atoms with E-state index in [0.29, 0.717) is 35.5 Å². The van der Waals surface area contributed by atoms with E-state index in [1.807, 2.05) is 0 Å². The van der Waals surface area contributed by atoms with Crippen LogP contribution in [0.3, 0.4) is 0 Å². The third-order valence-corrected chi connectivity index (χ3v) is 7.16. The number of sulfonamides is 1. The number of carbonyl (C=O) groups excluding carboxylic acids is 2. The van der Waals surface area contributed by atoms with Gasteiger partial charge in [0.1, 0.15) is 0 Å². The largest absolute Gasteiger partial charge is 0.462 e. The zero-order valence-electron chi connectivity index (χ0n) is 17.3. The first-order valence-corrected chi connectivity index (χ1v) is 12.1. The molecule has 0 bridgehead atoms. The Kier molecular flexibility index (Phi) is 7.69. The number of esters is 1. The van der Waals surface area contributed by atoms with E-state index in [-0.39, 0.29) is 17.4 Å². The van der Waals surface area contributed by atoms with Crippen molar-refractivity contribution in [1.29, 1.82) is 0 Å². The Labute approximate surface area is 187 Å². The Morgan fingerprint density at radius 1 is 1.03 bits per heavy atom. The molecule has 1 saturated heterocycles. The van der Waals surface area contributed by atoms with Gasteiger partial charge in [0.2, 0.25) is 10.0 Å². The summed E-state index contributed by atoms with van der Waals surface area (Å²) in [6.45, 7) is 3.10. The Balaban J connectivity index is 1.64. The maximum Gasteiger partial charge on any atom is 0.338 e. The van der Waals surface area contributed by atoms with Crippen molar-refractivity contribution in [2.75, 3.05) is 25.0 Å². The van der Waals surface area contributed by atoms with Crippen LogP contribution in [0.2, 0.25) is 5.02 Å². The van der Waals surface area contributed by atoms with Crippen LogP contribution in [-0.4, -0.2) is 44.3 Å². The van der Waals surface area contributed by atoms with Crippen LogP contribution < -0.4 is 5.32 Å². The van der Waals surface area contributed by atoms with Gasteiger partial charge in [-0.05, 0) is 55.7 Å². The molecule has 1 aliphatic heterocycles. The van der Waals surface area contributed by atoms with Gasteiger partial charge in [0.05, 0.1) is 28.6 Å². The molecule has 0 aliphatic carbocycles. The fourth-order valence-electron chi connectivity index (χ4n) is 3.35. The molecule has 2 aromatic rings. The molecule has 1 N–H and O–H groups in total. The normalized spacial score (nSPS) is 14.8. The molecule has 9 heteroatoms. The summed E-state index contributed by atoms with van der Waals surface area (Å²) in [5, 5.41) is 2.91. The van der Waals surface area contributed by atoms with Crippen LogP contribution in [0, 0.1) is 0 Å². The summed E-state index contributed by atoms with van der Waals surface area (Å²) >= 11 is 6.18. The number of rotatable bonds is 7. The number of carbonyl (C=O) groups is 2. The second-order valence-electron chi connectivity index (χ2n) is 7.28. The van der Waals surface area contributed by atoms with E-state index in [9.17, 15) is 18.0 Å². The summed E-state index contributed by atoms with van der Waals surface area (Å²) in [4.78, 5) is 24.3. The molecule has 1 heterocycles. The third-order valence-electron chi connectivity index (χ3n) is 5.00. The van der Waals surface area contributed by atoms with Crippen LogP contribution in [0.25, 0.3) is 0 Å². The van der Waals surface area contributed by atoms with Gasteiger partial charge in [0.25, 0.3) is 5.91 Å². The standard InChI is InChI=1S/C22H25ClN2O5S/c1-2-30-22(27)18-10-11-20(19(23)14-18)24-21(26)17-8-6-16(7-9-17)15-31(28,29)25-12-4-3-5-13-25/h6-11,14H,2-5,12-13,15H2,1H3,(H,24,26). The minimum absolute atomic E-state index is 0.0873. The highest BCUT2D eigenvalue weighted by atomic mass is 35.5. The maximum atomic E-state index is 12.6. The molecular formula is C22H25ClN2O5S. The molecule has 0 spiro atoms. The zero-order valence-corrected chi connectivity index (χ0v) is 18.8. The molecule has 0 saturated carbocycles. The third kappa shape index (κ3) is 6.06. The number of hydrogen-bond acceptors (Lipinski definition) is 5.